The lowest BCUT2D eigenvalue weighted by molar-refractivity contribution is 0.670. The molecule has 0 amide bonds. The SMILES string of the molecule is C/C=C(/c1cccc(-c2ccc(N(c3ccc(-c4cccc(-n5c6ccccc6c6ccccc65)c4)cc3)c3ccc(-c4cccc5c4oc4ccccc45)cc3)cc2)c1)c1ccccc1C. The molecule has 67 heavy (non-hydrogen) atoms. The van der Waals surface area contributed by atoms with Crippen LogP contribution in [0.2, 0.25) is 0 Å². The Bertz CT molecular complexity index is 3760. The summed E-state index contributed by atoms with van der Waals surface area (Å²) in [4.78, 5) is 2.35. The standard InChI is InChI=1S/C64H46N2O/c1-3-54(55-20-5-4-15-43(55)2)49-18-12-16-47(41-49)44-29-35-50(36-30-44)65(52-39-33-46(34-40-52)56-24-14-25-60-59-23-8-11-28-63(59)67-64(56)60)51-37-31-45(32-38-51)48-17-13-19-53(42-48)66-61-26-9-6-21-57(61)58-22-7-10-27-62(58)66/h3-42H,1-2H3/b54-3-. The van der Waals surface area contributed by atoms with Crippen molar-refractivity contribution in [1.29, 1.82) is 0 Å². The molecule has 0 saturated carbocycles. The smallest absolute Gasteiger partial charge is 0.143 e. The van der Waals surface area contributed by atoms with Gasteiger partial charge in [-0.3, -0.25) is 0 Å². The summed E-state index contributed by atoms with van der Waals surface area (Å²) in [6.07, 6.45) is 2.22. The molecule has 0 aliphatic carbocycles. The molecule has 0 atom stereocenters. The van der Waals surface area contributed by atoms with Crippen molar-refractivity contribution in [3.05, 3.63) is 259 Å². The molecule has 10 aromatic carbocycles. The molecule has 12 rings (SSSR count). The molecule has 0 radical (unpaired) electrons. The number of para-hydroxylation sites is 4. The maximum absolute atomic E-state index is 6.46. The fourth-order valence-electron chi connectivity index (χ4n) is 10.1. The Morgan fingerprint density at radius 3 is 1.60 bits per heavy atom. The Hall–Kier alpha value is -8.66. The van der Waals surface area contributed by atoms with Gasteiger partial charge in [-0.05, 0) is 137 Å². The van der Waals surface area contributed by atoms with Crippen molar-refractivity contribution in [2.45, 2.75) is 13.8 Å². The van der Waals surface area contributed by atoms with Crippen LogP contribution in [0.15, 0.2) is 247 Å². The van der Waals surface area contributed by atoms with E-state index in [-0.39, 0.29) is 0 Å². The van der Waals surface area contributed by atoms with Crippen LogP contribution in [0, 0.1) is 6.92 Å². The van der Waals surface area contributed by atoms with Crippen LogP contribution in [0.25, 0.3) is 88.4 Å². The number of aromatic nitrogens is 1. The first-order valence-corrected chi connectivity index (χ1v) is 23.0. The molecule has 0 spiro atoms. The van der Waals surface area contributed by atoms with Crippen molar-refractivity contribution >= 4 is 66.4 Å². The van der Waals surface area contributed by atoms with Crippen LogP contribution in [0.3, 0.4) is 0 Å². The number of benzene rings is 10. The van der Waals surface area contributed by atoms with Crippen LogP contribution in [0.4, 0.5) is 17.1 Å². The maximum Gasteiger partial charge on any atom is 0.143 e. The van der Waals surface area contributed by atoms with Gasteiger partial charge in [0.15, 0.2) is 0 Å². The van der Waals surface area contributed by atoms with Gasteiger partial charge >= 0.3 is 0 Å². The van der Waals surface area contributed by atoms with E-state index in [1.54, 1.807) is 0 Å². The molecule has 0 aliphatic heterocycles. The van der Waals surface area contributed by atoms with E-state index in [4.69, 9.17) is 4.42 Å². The molecule has 0 saturated heterocycles. The van der Waals surface area contributed by atoms with Gasteiger partial charge in [-0.2, -0.15) is 0 Å². The molecule has 3 nitrogen and oxygen atoms in total. The first kappa shape index (κ1) is 39.9. The van der Waals surface area contributed by atoms with Crippen LogP contribution < -0.4 is 4.90 Å². The predicted molar refractivity (Wildman–Crippen MR) is 283 cm³/mol. The van der Waals surface area contributed by atoms with E-state index in [1.165, 1.54) is 55.2 Å². The van der Waals surface area contributed by atoms with E-state index in [9.17, 15) is 0 Å². The molecule has 12 aromatic rings. The highest BCUT2D eigenvalue weighted by atomic mass is 16.3. The van der Waals surface area contributed by atoms with E-state index in [1.807, 2.05) is 12.1 Å². The molecule has 2 aromatic heterocycles. The second kappa shape index (κ2) is 16.7. The first-order chi connectivity index (χ1) is 33.1. The second-order valence-electron chi connectivity index (χ2n) is 17.3. The zero-order valence-electron chi connectivity index (χ0n) is 37.4. The lowest BCUT2D eigenvalue weighted by Gasteiger charge is -2.26. The van der Waals surface area contributed by atoms with Gasteiger partial charge in [0.25, 0.3) is 0 Å². The number of fused-ring (bicyclic) bond motifs is 6. The third-order valence-electron chi connectivity index (χ3n) is 13.3. The summed E-state index contributed by atoms with van der Waals surface area (Å²) in [7, 11) is 0. The summed E-state index contributed by atoms with van der Waals surface area (Å²) in [5.41, 5.74) is 20.4. The van der Waals surface area contributed by atoms with Crippen molar-refractivity contribution in [2.24, 2.45) is 0 Å². The lowest BCUT2D eigenvalue weighted by atomic mass is 9.92. The van der Waals surface area contributed by atoms with Crippen molar-refractivity contribution < 1.29 is 4.42 Å². The molecule has 0 fully saturated rings. The van der Waals surface area contributed by atoms with Crippen LogP contribution in [-0.4, -0.2) is 4.57 Å². The summed E-state index contributed by atoms with van der Waals surface area (Å²) >= 11 is 0. The van der Waals surface area contributed by atoms with Gasteiger partial charge in [-0.25, -0.2) is 0 Å². The molecular weight excluding hydrogens is 813 g/mol. The Kier molecular flexibility index (Phi) is 9.95. The van der Waals surface area contributed by atoms with E-state index >= 15 is 0 Å². The molecule has 0 bridgehead atoms. The Morgan fingerprint density at radius 1 is 0.433 bits per heavy atom. The number of hydrogen-bond donors (Lipinski definition) is 0. The predicted octanol–water partition coefficient (Wildman–Crippen LogP) is 17.9. The topological polar surface area (TPSA) is 21.3 Å². The quantitative estimate of drug-likeness (QED) is 0.144. The van der Waals surface area contributed by atoms with Gasteiger partial charge in [0, 0.05) is 49.9 Å². The molecule has 0 aliphatic rings. The molecule has 3 heteroatoms. The van der Waals surface area contributed by atoms with Gasteiger partial charge in [0.05, 0.1) is 11.0 Å². The molecule has 318 valence electrons. The third-order valence-corrected chi connectivity index (χ3v) is 13.3. The van der Waals surface area contributed by atoms with Crippen molar-refractivity contribution in [3.63, 3.8) is 0 Å². The largest absolute Gasteiger partial charge is 0.455 e. The molecule has 0 unspecified atom stereocenters. The van der Waals surface area contributed by atoms with E-state index in [2.05, 4.69) is 254 Å². The number of nitrogens with zero attached hydrogens (tertiary/aromatic N) is 2. The highest BCUT2D eigenvalue weighted by Crippen LogP contribution is 2.41. The normalized spacial score (nSPS) is 11.8. The average Bonchev–Trinajstić information content (AvgIpc) is 3.94. The van der Waals surface area contributed by atoms with Gasteiger partial charge in [0.1, 0.15) is 11.2 Å². The number of furan rings is 1. The number of anilines is 3. The van der Waals surface area contributed by atoms with E-state index in [0.717, 1.165) is 66.9 Å². The highest BCUT2D eigenvalue weighted by Gasteiger charge is 2.18. The van der Waals surface area contributed by atoms with E-state index < -0.39 is 0 Å². The first-order valence-electron chi connectivity index (χ1n) is 23.0. The van der Waals surface area contributed by atoms with Crippen molar-refractivity contribution in [1.82, 2.24) is 4.57 Å². The van der Waals surface area contributed by atoms with Crippen LogP contribution in [-0.2, 0) is 0 Å². The minimum Gasteiger partial charge on any atom is -0.455 e. The fraction of sp³-hybridized carbons (Fsp3) is 0.0312. The summed E-state index contributed by atoms with van der Waals surface area (Å²) < 4.78 is 8.84. The number of allylic oxidation sites excluding steroid dienone is 1. The van der Waals surface area contributed by atoms with Gasteiger partial charge in [-0.15, -0.1) is 0 Å². The number of hydrogen-bond acceptors (Lipinski definition) is 2. The van der Waals surface area contributed by atoms with Crippen molar-refractivity contribution in [2.75, 3.05) is 4.90 Å². The van der Waals surface area contributed by atoms with Gasteiger partial charge < -0.3 is 13.9 Å². The van der Waals surface area contributed by atoms with Gasteiger partial charge in [-0.1, -0.05) is 170 Å². The maximum atomic E-state index is 6.46. The summed E-state index contributed by atoms with van der Waals surface area (Å²) in [5, 5.41) is 4.78. The van der Waals surface area contributed by atoms with E-state index in [0.29, 0.717) is 0 Å². The average molecular weight is 859 g/mol. The second-order valence-corrected chi connectivity index (χ2v) is 17.3. The molecule has 0 N–H and O–H groups in total. The lowest BCUT2D eigenvalue weighted by Crippen LogP contribution is -2.09. The number of aryl methyl sites for hydroxylation is 1. The minimum absolute atomic E-state index is 0.901. The Morgan fingerprint density at radius 2 is 0.955 bits per heavy atom. The summed E-state index contributed by atoms with van der Waals surface area (Å²) in [6, 6.07) is 85.3. The fourth-order valence-corrected chi connectivity index (χ4v) is 10.1. The zero-order chi connectivity index (χ0) is 44.8. The highest BCUT2D eigenvalue weighted by molar-refractivity contribution is 6.10. The molecule has 2 heterocycles. The monoisotopic (exact) mass is 858 g/mol. The van der Waals surface area contributed by atoms with Gasteiger partial charge in [0.2, 0.25) is 0 Å². The van der Waals surface area contributed by atoms with Crippen molar-refractivity contribution in [3.8, 4) is 39.1 Å². The Labute approximate surface area is 390 Å². The minimum atomic E-state index is 0.901. The Balaban J connectivity index is 0.915. The number of rotatable bonds is 9. The van der Waals surface area contributed by atoms with Crippen LogP contribution in [0.1, 0.15) is 23.6 Å². The summed E-state index contributed by atoms with van der Waals surface area (Å²) in [6.45, 7) is 4.31. The molecular formula is C64H46N2O. The summed E-state index contributed by atoms with van der Waals surface area (Å²) in [5.74, 6) is 0. The van der Waals surface area contributed by atoms with Crippen LogP contribution >= 0.6 is 0 Å². The van der Waals surface area contributed by atoms with Crippen LogP contribution in [0.5, 0.6) is 0 Å². The zero-order valence-corrected chi connectivity index (χ0v) is 37.4. The third kappa shape index (κ3) is 7.09.